The topological polar surface area (TPSA) is 58.2 Å². The van der Waals surface area contributed by atoms with Crippen molar-refractivity contribution in [1.29, 1.82) is 0 Å². The predicted molar refractivity (Wildman–Crippen MR) is 69.2 cm³/mol. The van der Waals surface area contributed by atoms with Gasteiger partial charge in [0, 0.05) is 6.04 Å². The Hall–Kier alpha value is -0.910. The monoisotopic (exact) mass is 254 g/mol. The lowest BCUT2D eigenvalue weighted by molar-refractivity contribution is 0.426. The van der Waals surface area contributed by atoms with Gasteiger partial charge >= 0.3 is 0 Å². The summed E-state index contributed by atoms with van der Waals surface area (Å²) in [4.78, 5) is 0. The van der Waals surface area contributed by atoms with E-state index in [0.29, 0.717) is 0 Å². The maximum Gasteiger partial charge on any atom is 0.221 e. The van der Waals surface area contributed by atoms with E-state index >= 15 is 0 Å². The molecule has 1 aliphatic heterocycles. The molecule has 17 heavy (non-hydrogen) atoms. The number of allylic oxidation sites excluding steroid dienone is 3. The molecule has 0 atom stereocenters. The van der Waals surface area contributed by atoms with Gasteiger partial charge in [0.25, 0.3) is 0 Å². The van der Waals surface area contributed by atoms with Gasteiger partial charge in [0.1, 0.15) is 5.25 Å². The second-order valence-corrected chi connectivity index (χ2v) is 6.31. The maximum atomic E-state index is 12.1. The van der Waals surface area contributed by atoms with Crippen molar-refractivity contribution < 1.29 is 8.42 Å². The van der Waals surface area contributed by atoms with Gasteiger partial charge in [0.05, 0.1) is 0 Å². The lowest BCUT2D eigenvalue weighted by Crippen LogP contribution is -2.45. The zero-order chi connectivity index (χ0) is 12.3. The van der Waals surface area contributed by atoms with Crippen molar-refractivity contribution in [3.05, 3.63) is 36.5 Å². The second-order valence-electron chi connectivity index (χ2n) is 4.44. The van der Waals surface area contributed by atoms with E-state index in [2.05, 4.69) is 16.6 Å². The number of sulfonamides is 1. The highest BCUT2D eigenvalue weighted by Crippen LogP contribution is 2.14. The molecule has 0 bridgehead atoms. The van der Waals surface area contributed by atoms with Crippen molar-refractivity contribution in [3.8, 4) is 0 Å². The summed E-state index contributed by atoms with van der Waals surface area (Å²) < 4.78 is 27.0. The molecule has 0 unspecified atom stereocenters. The van der Waals surface area contributed by atoms with Crippen LogP contribution >= 0.6 is 0 Å². The van der Waals surface area contributed by atoms with E-state index < -0.39 is 15.3 Å². The highest BCUT2D eigenvalue weighted by Gasteiger charge is 2.25. The molecule has 0 saturated carbocycles. The molecule has 0 amide bonds. The summed E-state index contributed by atoms with van der Waals surface area (Å²) in [5.74, 6) is 0. The first kappa shape index (κ1) is 12.5. The number of hydrogen-bond acceptors (Lipinski definition) is 3. The fourth-order valence-electron chi connectivity index (χ4n) is 2.01. The molecule has 2 aliphatic rings. The van der Waals surface area contributed by atoms with Crippen LogP contribution in [0.15, 0.2) is 36.5 Å². The molecule has 1 fully saturated rings. The van der Waals surface area contributed by atoms with Gasteiger partial charge in [-0.25, -0.2) is 13.1 Å². The van der Waals surface area contributed by atoms with Crippen LogP contribution in [0.2, 0.25) is 0 Å². The highest BCUT2D eigenvalue weighted by molar-refractivity contribution is 7.90. The van der Waals surface area contributed by atoms with Crippen molar-refractivity contribution in [2.24, 2.45) is 0 Å². The van der Waals surface area contributed by atoms with Gasteiger partial charge in [-0.05, 0) is 31.5 Å². The lowest BCUT2D eigenvalue weighted by atomic mass is 10.1. The minimum atomic E-state index is -3.30. The number of piperidine rings is 1. The summed E-state index contributed by atoms with van der Waals surface area (Å²) in [6.45, 7) is 5.50. The fourth-order valence-corrected chi connectivity index (χ4v) is 3.44. The normalized spacial score (nSPS) is 23.2. The van der Waals surface area contributed by atoms with E-state index in [1.807, 2.05) is 0 Å². The number of hydrogen-bond donors (Lipinski definition) is 2. The van der Waals surface area contributed by atoms with Crippen LogP contribution in [0.1, 0.15) is 12.8 Å². The van der Waals surface area contributed by atoms with E-state index in [1.54, 1.807) is 24.3 Å². The predicted octanol–water partition coefficient (Wildman–Crippen LogP) is 0.709. The Bertz CT molecular complexity index is 429. The largest absolute Gasteiger partial charge is 0.317 e. The van der Waals surface area contributed by atoms with Gasteiger partial charge in [0.15, 0.2) is 0 Å². The van der Waals surface area contributed by atoms with Crippen molar-refractivity contribution in [2.45, 2.75) is 24.1 Å². The number of nitrogens with one attached hydrogen (secondary N) is 2. The summed E-state index contributed by atoms with van der Waals surface area (Å²) in [5.41, 5.74) is 0.832. The van der Waals surface area contributed by atoms with Crippen LogP contribution < -0.4 is 10.0 Å². The Balaban J connectivity index is 2.01. The third-order valence-electron chi connectivity index (χ3n) is 3.03. The van der Waals surface area contributed by atoms with Crippen molar-refractivity contribution in [2.75, 3.05) is 13.1 Å². The third kappa shape index (κ3) is 3.28. The van der Waals surface area contributed by atoms with E-state index in [4.69, 9.17) is 0 Å². The van der Waals surface area contributed by atoms with Gasteiger partial charge in [-0.15, -0.1) is 0 Å². The molecular formula is C12H18N2O2S. The molecule has 1 aliphatic carbocycles. The molecule has 0 radical (unpaired) electrons. The minimum Gasteiger partial charge on any atom is -0.317 e. The Morgan fingerprint density at radius 3 is 2.41 bits per heavy atom. The molecule has 4 nitrogen and oxygen atoms in total. The first-order chi connectivity index (χ1) is 8.08. The zero-order valence-corrected chi connectivity index (χ0v) is 10.5. The first-order valence-electron chi connectivity index (χ1n) is 5.85. The van der Waals surface area contributed by atoms with Gasteiger partial charge in [-0.3, -0.25) is 0 Å². The van der Waals surface area contributed by atoms with Crippen molar-refractivity contribution in [3.63, 3.8) is 0 Å². The van der Waals surface area contributed by atoms with Crippen molar-refractivity contribution >= 4 is 10.0 Å². The van der Waals surface area contributed by atoms with Crippen LogP contribution in [0, 0.1) is 0 Å². The van der Waals surface area contributed by atoms with E-state index in [1.165, 1.54) is 0 Å². The quantitative estimate of drug-likeness (QED) is 0.780. The molecule has 2 N–H and O–H groups in total. The Labute approximate surface area is 103 Å². The van der Waals surface area contributed by atoms with Crippen LogP contribution in [0.25, 0.3) is 0 Å². The smallest absolute Gasteiger partial charge is 0.221 e. The van der Waals surface area contributed by atoms with Gasteiger partial charge in [0.2, 0.25) is 10.0 Å². The van der Waals surface area contributed by atoms with Crippen LogP contribution in [-0.4, -0.2) is 32.8 Å². The summed E-state index contributed by atoms with van der Waals surface area (Å²) in [6.07, 6.45) is 8.54. The summed E-state index contributed by atoms with van der Waals surface area (Å²) in [6, 6.07) is 0.0631. The first-order valence-corrected chi connectivity index (χ1v) is 7.40. The van der Waals surface area contributed by atoms with Crippen molar-refractivity contribution in [1.82, 2.24) is 10.0 Å². The van der Waals surface area contributed by atoms with Crippen LogP contribution in [0.3, 0.4) is 0 Å². The zero-order valence-electron chi connectivity index (χ0n) is 9.72. The fraction of sp³-hybridized carbons (Fsp3) is 0.500. The maximum absolute atomic E-state index is 12.1. The third-order valence-corrected chi connectivity index (χ3v) is 4.72. The molecule has 0 spiro atoms. The molecule has 1 saturated heterocycles. The summed E-state index contributed by atoms with van der Waals surface area (Å²) in [7, 11) is -3.30. The second kappa shape index (κ2) is 5.16. The van der Waals surface area contributed by atoms with E-state index in [9.17, 15) is 8.42 Å². The van der Waals surface area contributed by atoms with Crippen LogP contribution in [0.4, 0.5) is 0 Å². The molecule has 0 aromatic heterocycles. The average Bonchev–Trinajstić information content (AvgIpc) is 2.30. The highest BCUT2D eigenvalue weighted by atomic mass is 32.2. The molecular weight excluding hydrogens is 236 g/mol. The van der Waals surface area contributed by atoms with Crippen LogP contribution in [-0.2, 0) is 10.0 Å². The Morgan fingerprint density at radius 2 is 1.82 bits per heavy atom. The molecule has 0 aromatic carbocycles. The lowest BCUT2D eigenvalue weighted by Gasteiger charge is -2.25. The van der Waals surface area contributed by atoms with Gasteiger partial charge in [-0.2, -0.15) is 0 Å². The summed E-state index contributed by atoms with van der Waals surface area (Å²) >= 11 is 0. The molecule has 5 heteroatoms. The van der Waals surface area contributed by atoms with Crippen LogP contribution in [0.5, 0.6) is 0 Å². The standard InChI is InChI=1S/C12H18N2O2S/c1-10-2-4-12(5-3-10)17(15,16)14-11-6-8-13-9-7-11/h2-5,11-14H,1,6-9H2. The molecule has 94 valence electrons. The Kier molecular flexibility index (Phi) is 3.81. The van der Waals surface area contributed by atoms with E-state index in [-0.39, 0.29) is 6.04 Å². The Morgan fingerprint density at radius 1 is 1.24 bits per heavy atom. The molecule has 2 rings (SSSR count). The molecule has 0 aromatic rings. The van der Waals surface area contributed by atoms with E-state index in [0.717, 1.165) is 31.5 Å². The van der Waals surface area contributed by atoms with Gasteiger partial charge < -0.3 is 5.32 Å². The molecule has 1 heterocycles. The summed E-state index contributed by atoms with van der Waals surface area (Å²) in [5, 5.41) is 2.64. The minimum absolute atomic E-state index is 0.0631. The SMILES string of the molecule is C=C1C=CC(S(=O)(=O)NC2CCNCC2)C=C1. The average molecular weight is 254 g/mol. The van der Waals surface area contributed by atoms with Gasteiger partial charge in [-0.1, -0.05) is 30.9 Å². The number of rotatable bonds is 3.